The lowest BCUT2D eigenvalue weighted by atomic mass is 9.99. The van der Waals surface area contributed by atoms with Crippen LogP contribution in [0.1, 0.15) is 28.4 Å². The molecule has 100 valence electrons. The molecule has 1 heterocycles. The van der Waals surface area contributed by atoms with E-state index in [0.29, 0.717) is 22.8 Å². The number of aryl methyl sites for hydroxylation is 2. The molecule has 0 aliphatic heterocycles. The number of pyridine rings is 1. The minimum atomic E-state index is -0.701. The first-order valence-corrected chi connectivity index (χ1v) is 6.50. The van der Waals surface area contributed by atoms with Crippen LogP contribution >= 0.6 is 11.6 Å². The molecule has 1 aromatic carbocycles. The minimum absolute atomic E-state index is 0.320. The second-order valence-corrected chi connectivity index (χ2v) is 5.20. The molecule has 4 heteroatoms. The van der Waals surface area contributed by atoms with Gasteiger partial charge in [-0.15, -0.1) is 0 Å². The number of hydrogen-bond acceptors (Lipinski definition) is 3. The Kier molecular flexibility index (Phi) is 4.08. The van der Waals surface area contributed by atoms with Gasteiger partial charge < -0.3 is 10.8 Å². The molecule has 0 saturated heterocycles. The number of hydrogen-bond donors (Lipinski definition) is 2. The number of halogens is 1. The molecule has 2 aromatic rings. The first-order chi connectivity index (χ1) is 8.97. The highest BCUT2D eigenvalue weighted by molar-refractivity contribution is 6.30. The van der Waals surface area contributed by atoms with E-state index in [1.807, 2.05) is 6.07 Å². The molecule has 0 radical (unpaired) electrons. The van der Waals surface area contributed by atoms with Gasteiger partial charge in [-0.3, -0.25) is 0 Å². The second-order valence-electron chi connectivity index (χ2n) is 4.77. The molecule has 0 aliphatic rings. The lowest BCUT2D eigenvalue weighted by Crippen LogP contribution is -2.07. The summed E-state index contributed by atoms with van der Waals surface area (Å²) < 4.78 is 0. The predicted octanol–water partition coefficient (Wildman–Crippen LogP) is 3.21. The summed E-state index contributed by atoms with van der Waals surface area (Å²) in [5.74, 6) is 0.320. The summed E-state index contributed by atoms with van der Waals surface area (Å²) in [6.45, 7) is 4.12. The van der Waals surface area contributed by atoms with E-state index < -0.39 is 6.10 Å². The molecular formula is C15H17ClN2O. The summed E-state index contributed by atoms with van der Waals surface area (Å²) in [6.07, 6.45) is 1.27. The SMILES string of the molecule is Cc1ccc(CC(O)c2cc(Cl)cnc2N)cc1C. The Balaban J connectivity index is 2.22. The van der Waals surface area contributed by atoms with E-state index in [-0.39, 0.29) is 0 Å². The normalized spacial score (nSPS) is 12.4. The number of aliphatic hydroxyl groups is 1. The Bertz CT molecular complexity index is 599. The average Bonchev–Trinajstić information content (AvgIpc) is 2.36. The van der Waals surface area contributed by atoms with E-state index in [1.165, 1.54) is 17.3 Å². The first kappa shape index (κ1) is 13.8. The maximum absolute atomic E-state index is 10.3. The van der Waals surface area contributed by atoms with Gasteiger partial charge in [0.05, 0.1) is 11.1 Å². The highest BCUT2D eigenvalue weighted by atomic mass is 35.5. The van der Waals surface area contributed by atoms with Crippen LogP contribution in [0.5, 0.6) is 0 Å². The minimum Gasteiger partial charge on any atom is -0.388 e. The topological polar surface area (TPSA) is 59.1 Å². The fourth-order valence-electron chi connectivity index (χ4n) is 2.00. The molecule has 0 amide bonds. The van der Waals surface area contributed by atoms with Crippen LogP contribution in [0.25, 0.3) is 0 Å². The van der Waals surface area contributed by atoms with Gasteiger partial charge in [0.25, 0.3) is 0 Å². The molecular weight excluding hydrogens is 260 g/mol. The van der Waals surface area contributed by atoms with Crippen molar-refractivity contribution in [1.29, 1.82) is 0 Å². The summed E-state index contributed by atoms with van der Waals surface area (Å²) >= 11 is 5.88. The molecule has 0 bridgehead atoms. The van der Waals surface area contributed by atoms with Crippen molar-refractivity contribution in [2.24, 2.45) is 0 Å². The fourth-order valence-corrected chi connectivity index (χ4v) is 2.16. The summed E-state index contributed by atoms with van der Waals surface area (Å²) in [5, 5.41) is 10.7. The third kappa shape index (κ3) is 3.25. The molecule has 0 fully saturated rings. The van der Waals surface area contributed by atoms with Gasteiger partial charge in [-0.25, -0.2) is 4.98 Å². The van der Waals surface area contributed by atoms with Crippen LogP contribution in [0.4, 0.5) is 5.82 Å². The average molecular weight is 277 g/mol. The summed E-state index contributed by atoms with van der Waals surface area (Å²) in [5.41, 5.74) is 9.86. The van der Waals surface area contributed by atoms with Gasteiger partial charge in [-0.05, 0) is 36.6 Å². The Morgan fingerprint density at radius 3 is 2.68 bits per heavy atom. The number of nitrogen functional groups attached to an aromatic ring is 1. The van der Waals surface area contributed by atoms with Crippen LogP contribution < -0.4 is 5.73 Å². The molecule has 3 nitrogen and oxygen atoms in total. The van der Waals surface area contributed by atoms with Crippen LogP contribution in [0.2, 0.25) is 5.02 Å². The molecule has 2 rings (SSSR count). The molecule has 1 atom stereocenters. The maximum Gasteiger partial charge on any atom is 0.129 e. The third-order valence-corrected chi connectivity index (χ3v) is 3.48. The number of rotatable bonds is 3. The van der Waals surface area contributed by atoms with E-state index in [2.05, 4.69) is 31.0 Å². The maximum atomic E-state index is 10.3. The zero-order valence-corrected chi connectivity index (χ0v) is 11.8. The number of benzene rings is 1. The Morgan fingerprint density at radius 1 is 1.26 bits per heavy atom. The van der Waals surface area contributed by atoms with E-state index in [0.717, 1.165) is 5.56 Å². The lowest BCUT2D eigenvalue weighted by molar-refractivity contribution is 0.179. The zero-order valence-electron chi connectivity index (χ0n) is 11.0. The van der Waals surface area contributed by atoms with Gasteiger partial charge in [0, 0.05) is 18.2 Å². The molecule has 0 aliphatic carbocycles. The number of nitrogens with two attached hydrogens (primary N) is 1. The van der Waals surface area contributed by atoms with E-state index in [1.54, 1.807) is 6.07 Å². The van der Waals surface area contributed by atoms with E-state index in [9.17, 15) is 5.11 Å². The van der Waals surface area contributed by atoms with Crippen molar-refractivity contribution in [3.63, 3.8) is 0 Å². The monoisotopic (exact) mass is 276 g/mol. The Labute approximate surface area is 118 Å². The highest BCUT2D eigenvalue weighted by Gasteiger charge is 2.13. The Morgan fingerprint density at radius 2 is 2.00 bits per heavy atom. The van der Waals surface area contributed by atoms with Crippen molar-refractivity contribution >= 4 is 17.4 Å². The van der Waals surface area contributed by atoms with Crippen molar-refractivity contribution in [3.05, 3.63) is 57.7 Å². The fraction of sp³-hybridized carbons (Fsp3) is 0.267. The van der Waals surface area contributed by atoms with Crippen LogP contribution in [0.3, 0.4) is 0 Å². The number of nitrogens with zero attached hydrogens (tertiary/aromatic N) is 1. The smallest absolute Gasteiger partial charge is 0.129 e. The van der Waals surface area contributed by atoms with Crippen molar-refractivity contribution in [1.82, 2.24) is 4.98 Å². The van der Waals surface area contributed by atoms with Crippen LogP contribution in [0, 0.1) is 13.8 Å². The molecule has 1 aromatic heterocycles. The van der Waals surface area contributed by atoms with Gasteiger partial charge in [-0.2, -0.15) is 0 Å². The van der Waals surface area contributed by atoms with Gasteiger partial charge in [0.15, 0.2) is 0 Å². The zero-order chi connectivity index (χ0) is 14.0. The molecule has 3 N–H and O–H groups in total. The van der Waals surface area contributed by atoms with Gasteiger partial charge in [0.1, 0.15) is 5.82 Å². The first-order valence-electron chi connectivity index (χ1n) is 6.12. The van der Waals surface area contributed by atoms with Crippen molar-refractivity contribution in [3.8, 4) is 0 Å². The molecule has 0 spiro atoms. The van der Waals surface area contributed by atoms with Crippen molar-refractivity contribution in [2.45, 2.75) is 26.4 Å². The van der Waals surface area contributed by atoms with Gasteiger partial charge in [0.2, 0.25) is 0 Å². The lowest BCUT2D eigenvalue weighted by Gasteiger charge is -2.14. The highest BCUT2D eigenvalue weighted by Crippen LogP contribution is 2.25. The number of anilines is 1. The molecule has 1 unspecified atom stereocenters. The molecule has 0 saturated carbocycles. The standard InChI is InChI=1S/C15H17ClN2O/c1-9-3-4-11(5-10(9)2)6-14(19)13-7-12(16)8-18-15(13)17/h3-5,7-8,14,19H,6H2,1-2H3,(H2,17,18). The summed E-state index contributed by atoms with van der Waals surface area (Å²) in [7, 11) is 0. The predicted molar refractivity (Wildman–Crippen MR) is 78.2 cm³/mol. The largest absolute Gasteiger partial charge is 0.388 e. The van der Waals surface area contributed by atoms with Crippen LogP contribution in [-0.2, 0) is 6.42 Å². The van der Waals surface area contributed by atoms with Gasteiger partial charge in [-0.1, -0.05) is 29.8 Å². The van der Waals surface area contributed by atoms with Gasteiger partial charge >= 0.3 is 0 Å². The van der Waals surface area contributed by atoms with Crippen molar-refractivity contribution in [2.75, 3.05) is 5.73 Å². The van der Waals surface area contributed by atoms with E-state index >= 15 is 0 Å². The number of aliphatic hydroxyl groups excluding tert-OH is 1. The number of aromatic nitrogens is 1. The van der Waals surface area contributed by atoms with E-state index in [4.69, 9.17) is 17.3 Å². The quantitative estimate of drug-likeness (QED) is 0.905. The summed E-state index contributed by atoms with van der Waals surface area (Å²) in [4.78, 5) is 3.96. The summed E-state index contributed by atoms with van der Waals surface area (Å²) in [6, 6.07) is 7.80. The molecule has 19 heavy (non-hydrogen) atoms. The van der Waals surface area contributed by atoms with Crippen LogP contribution in [-0.4, -0.2) is 10.1 Å². The third-order valence-electron chi connectivity index (χ3n) is 3.28. The Hall–Kier alpha value is -1.58. The second kappa shape index (κ2) is 5.59. The van der Waals surface area contributed by atoms with Crippen LogP contribution in [0.15, 0.2) is 30.5 Å². The van der Waals surface area contributed by atoms with Crippen molar-refractivity contribution < 1.29 is 5.11 Å².